The van der Waals surface area contributed by atoms with Gasteiger partial charge in [0.2, 0.25) is 5.91 Å². The van der Waals surface area contributed by atoms with Crippen molar-refractivity contribution in [2.75, 3.05) is 5.88 Å². The number of hydrogen-bond acceptors (Lipinski definition) is 2. The minimum Gasteiger partial charge on any atom is -0.370 e. The van der Waals surface area contributed by atoms with Gasteiger partial charge in [-0.1, -0.05) is 15.9 Å². The third-order valence-corrected chi connectivity index (χ3v) is 3.37. The molecule has 2 N–H and O–H groups in total. The van der Waals surface area contributed by atoms with E-state index in [0.29, 0.717) is 25.3 Å². The van der Waals surface area contributed by atoms with Crippen molar-refractivity contribution in [1.29, 1.82) is 0 Å². The van der Waals surface area contributed by atoms with Crippen molar-refractivity contribution in [3.05, 3.63) is 28.5 Å². The van der Waals surface area contributed by atoms with Gasteiger partial charge in [-0.2, -0.15) is 0 Å². The molecule has 6 heteroatoms. The van der Waals surface area contributed by atoms with Gasteiger partial charge in [-0.05, 0) is 18.2 Å². The number of aromatic nitrogens is 2. The van der Waals surface area contributed by atoms with Crippen LogP contribution in [-0.2, 0) is 17.8 Å². The summed E-state index contributed by atoms with van der Waals surface area (Å²) in [5, 5.41) is 0. The number of halogens is 2. The number of nitrogens with two attached hydrogens (primary N) is 1. The Labute approximate surface area is 118 Å². The van der Waals surface area contributed by atoms with Crippen LogP contribution in [0.4, 0.5) is 0 Å². The van der Waals surface area contributed by atoms with Crippen LogP contribution in [0.25, 0.3) is 11.0 Å². The van der Waals surface area contributed by atoms with E-state index in [2.05, 4.69) is 20.9 Å². The summed E-state index contributed by atoms with van der Waals surface area (Å²) in [5.74, 6) is 1.07. The maximum absolute atomic E-state index is 10.9. The maximum atomic E-state index is 10.9. The zero-order chi connectivity index (χ0) is 13.1. The van der Waals surface area contributed by atoms with Gasteiger partial charge in [0.1, 0.15) is 5.82 Å². The van der Waals surface area contributed by atoms with Crippen molar-refractivity contribution in [2.24, 2.45) is 5.73 Å². The summed E-state index contributed by atoms with van der Waals surface area (Å²) in [7, 11) is 0. The topological polar surface area (TPSA) is 60.9 Å². The monoisotopic (exact) mass is 329 g/mol. The van der Waals surface area contributed by atoms with Crippen LogP contribution in [0, 0.1) is 0 Å². The molecule has 0 saturated carbocycles. The lowest BCUT2D eigenvalue weighted by atomic mass is 10.3. The summed E-state index contributed by atoms with van der Waals surface area (Å²) in [6.07, 6.45) is 0.972. The molecule has 0 unspecified atom stereocenters. The van der Waals surface area contributed by atoms with E-state index >= 15 is 0 Å². The molecular weight excluding hydrogens is 318 g/mol. The van der Waals surface area contributed by atoms with Crippen molar-refractivity contribution in [1.82, 2.24) is 9.55 Å². The van der Waals surface area contributed by atoms with E-state index < -0.39 is 0 Å². The minimum absolute atomic E-state index is 0.299. The van der Waals surface area contributed by atoms with Crippen molar-refractivity contribution < 1.29 is 4.79 Å². The fourth-order valence-electron chi connectivity index (χ4n) is 1.89. The zero-order valence-corrected chi connectivity index (χ0v) is 12.0. The van der Waals surface area contributed by atoms with E-state index in [1.54, 1.807) is 0 Å². The summed E-state index contributed by atoms with van der Waals surface area (Å²) in [6, 6.07) is 5.87. The van der Waals surface area contributed by atoms with Gasteiger partial charge in [-0.15, -0.1) is 11.6 Å². The summed E-state index contributed by atoms with van der Waals surface area (Å²) in [5.41, 5.74) is 7.10. The number of carbonyl (C=O) groups is 1. The molecule has 18 heavy (non-hydrogen) atoms. The van der Waals surface area contributed by atoms with E-state index in [4.69, 9.17) is 17.3 Å². The maximum Gasteiger partial charge on any atom is 0.219 e. The minimum atomic E-state index is -0.316. The van der Waals surface area contributed by atoms with Crippen LogP contribution < -0.4 is 5.73 Å². The first-order chi connectivity index (χ1) is 8.61. The van der Waals surface area contributed by atoms with Crippen LogP contribution >= 0.6 is 27.5 Å². The highest BCUT2D eigenvalue weighted by Gasteiger charge is 2.11. The highest BCUT2D eigenvalue weighted by atomic mass is 79.9. The molecule has 0 bridgehead atoms. The molecule has 1 aromatic carbocycles. The molecule has 0 aliphatic carbocycles. The number of rotatable bonds is 5. The van der Waals surface area contributed by atoms with Gasteiger partial charge in [0.15, 0.2) is 0 Å². The summed E-state index contributed by atoms with van der Waals surface area (Å²) in [6.45, 7) is 0.536. The van der Waals surface area contributed by atoms with E-state index in [-0.39, 0.29) is 5.91 Å². The molecule has 0 aliphatic rings. The Balaban J connectivity index is 2.46. The first-order valence-electron chi connectivity index (χ1n) is 5.60. The van der Waals surface area contributed by atoms with Gasteiger partial charge >= 0.3 is 0 Å². The summed E-state index contributed by atoms with van der Waals surface area (Å²) < 4.78 is 2.99. The number of imidazole rings is 1. The molecule has 0 spiro atoms. The fourth-order valence-corrected chi connectivity index (χ4v) is 2.41. The molecule has 1 heterocycles. The molecular formula is C12H13BrClN3O. The SMILES string of the molecule is NC(=O)CCn1c(CCCl)nc2ccc(Br)cc21. The lowest BCUT2D eigenvalue weighted by Crippen LogP contribution is -2.15. The van der Waals surface area contributed by atoms with Gasteiger partial charge in [0, 0.05) is 29.7 Å². The number of amides is 1. The predicted molar refractivity (Wildman–Crippen MR) is 75.7 cm³/mol. The van der Waals surface area contributed by atoms with Crippen molar-refractivity contribution in [3.63, 3.8) is 0 Å². The third-order valence-electron chi connectivity index (χ3n) is 2.69. The number of benzene rings is 1. The highest BCUT2D eigenvalue weighted by molar-refractivity contribution is 9.10. The molecule has 0 fully saturated rings. The van der Waals surface area contributed by atoms with E-state index in [9.17, 15) is 4.79 Å². The second-order valence-corrected chi connectivity index (χ2v) is 5.26. The average Bonchev–Trinajstić information content (AvgIpc) is 2.64. The first-order valence-corrected chi connectivity index (χ1v) is 6.93. The number of fused-ring (bicyclic) bond motifs is 1. The summed E-state index contributed by atoms with van der Waals surface area (Å²) in [4.78, 5) is 15.4. The number of nitrogens with zero attached hydrogens (tertiary/aromatic N) is 2. The molecule has 0 atom stereocenters. The standard InChI is InChI=1S/C12H13BrClN3O/c13-8-1-2-9-10(7-8)17(6-4-11(15)18)12(16-9)3-5-14/h1-2,7H,3-6H2,(H2,15,18). The largest absolute Gasteiger partial charge is 0.370 e. The number of alkyl halides is 1. The van der Waals surface area contributed by atoms with Crippen LogP contribution in [0.1, 0.15) is 12.2 Å². The Morgan fingerprint density at radius 2 is 2.28 bits per heavy atom. The smallest absolute Gasteiger partial charge is 0.219 e. The number of carbonyl (C=O) groups excluding carboxylic acids is 1. The molecule has 0 radical (unpaired) electrons. The molecule has 1 amide bonds. The highest BCUT2D eigenvalue weighted by Crippen LogP contribution is 2.22. The number of hydrogen-bond donors (Lipinski definition) is 1. The Hall–Kier alpha value is -1.07. The Morgan fingerprint density at radius 3 is 2.94 bits per heavy atom. The third kappa shape index (κ3) is 2.84. The second kappa shape index (κ2) is 5.71. The normalized spacial score (nSPS) is 11.0. The fraction of sp³-hybridized carbons (Fsp3) is 0.333. The van der Waals surface area contributed by atoms with Crippen LogP contribution in [-0.4, -0.2) is 21.3 Å². The van der Waals surface area contributed by atoms with Crippen LogP contribution in [0.3, 0.4) is 0 Å². The predicted octanol–water partition coefficient (Wildman–Crippen LogP) is 2.46. The Bertz CT molecular complexity index is 582. The molecule has 4 nitrogen and oxygen atoms in total. The zero-order valence-electron chi connectivity index (χ0n) is 9.70. The van der Waals surface area contributed by atoms with Gasteiger partial charge in [-0.25, -0.2) is 4.98 Å². The van der Waals surface area contributed by atoms with E-state index in [0.717, 1.165) is 21.3 Å². The van der Waals surface area contributed by atoms with Crippen molar-refractivity contribution in [3.8, 4) is 0 Å². The first kappa shape index (κ1) is 13.4. The van der Waals surface area contributed by atoms with Gasteiger partial charge in [0.25, 0.3) is 0 Å². The van der Waals surface area contributed by atoms with Crippen molar-refractivity contribution in [2.45, 2.75) is 19.4 Å². The van der Waals surface area contributed by atoms with Gasteiger partial charge in [0.05, 0.1) is 11.0 Å². The lowest BCUT2D eigenvalue weighted by Gasteiger charge is -2.07. The van der Waals surface area contributed by atoms with E-state index in [1.165, 1.54) is 0 Å². The molecule has 96 valence electrons. The Kier molecular flexibility index (Phi) is 4.24. The van der Waals surface area contributed by atoms with Crippen molar-refractivity contribution >= 4 is 44.5 Å². The van der Waals surface area contributed by atoms with Crippen LogP contribution in [0.2, 0.25) is 0 Å². The lowest BCUT2D eigenvalue weighted by molar-refractivity contribution is -0.118. The number of aryl methyl sites for hydroxylation is 2. The average molecular weight is 331 g/mol. The Morgan fingerprint density at radius 1 is 1.50 bits per heavy atom. The molecule has 1 aromatic heterocycles. The van der Waals surface area contributed by atoms with Gasteiger partial charge < -0.3 is 10.3 Å². The molecule has 2 rings (SSSR count). The molecule has 0 aliphatic heterocycles. The molecule has 2 aromatic rings. The summed E-state index contributed by atoms with van der Waals surface area (Å²) >= 11 is 9.21. The quantitative estimate of drug-likeness (QED) is 0.856. The van der Waals surface area contributed by atoms with Gasteiger partial charge in [-0.3, -0.25) is 4.79 Å². The van der Waals surface area contributed by atoms with Crippen LogP contribution in [0.5, 0.6) is 0 Å². The second-order valence-electron chi connectivity index (χ2n) is 3.97. The van der Waals surface area contributed by atoms with Crippen LogP contribution in [0.15, 0.2) is 22.7 Å². The van der Waals surface area contributed by atoms with E-state index in [1.807, 2.05) is 22.8 Å². The molecule has 0 saturated heterocycles. The number of primary amides is 1.